The summed E-state index contributed by atoms with van der Waals surface area (Å²) in [6.45, 7) is 3.82. The van der Waals surface area contributed by atoms with Gasteiger partial charge < -0.3 is 15.0 Å². The van der Waals surface area contributed by atoms with Crippen LogP contribution in [0.4, 0.5) is 5.69 Å². The first kappa shape index (κ1) is 19.6. The van der Waals surface area contributed by atoms with Crippen LogP contribution in [0.2, 0.25) is 0 Å². The maximum absolute atomic E-state index is 13.5. The van der Waals surface area contributed by atoms with Crippen LogP contribution in [0.15, 0.2) is 54.6 Å². The first-order chi connectivity index (χ1) is 14.1. The van der Waals surface area contributed by atoms with E-state index in [4.69, 9.17) is 4.74 Å². The maximum atomic E-state index is 13.5. The average molecular weight is 392 g/mol. The summed E-state index contributed by atoms with van der Waals surface area (Å²) in [4.78, 5) is 28.4. The maximum Gasteiger partial charge on any atom is 0.249 e. The van der Waals surface area contributed by atoms with Gasteiger partial charge in [0.15, 0.2) is 0 Å². The molecular weight excluding hydrogens is 364 g/mol. The average Bonchev–Trinajstić information content (AvgIpc) is 2.77. The van der Waals surface area contributed by atoms with Crippen molar-refractivity contribution in [2.45, 2.75) is 44.1 Å². The van der Waals surface area contributed by atoms with Crippen molar-refractivity contribution in [1.29, 1.82) is 0 Å². The summed E-state index contributed by atoms with van der Waals surface area (Å²) in [7, 11) is 0. The Morgan fingerprint density at radius 1 is 1.07 bits per heavy atom. The Morgan fingerprint density at radius 2 is 1.76 bits per heavy atom. The number of piperidine rings is 1. The highest BCUT2D eigenvalue weighted by atomic mass is 16.5. The number of rotatable bonds is 4. The van der Waals surface area contributed by atoms with Crippen LogP contribution < -0.4 is 10.2 Å². The first-order valence-corrected chi connectivity index (χ1v) is 10.4. The molecule has 1 unspecified atom stereocenters. The fourth-order valence-electron chi connectivity index (χ4n) is 4.41. The number of amides is 2. The monoisotopic (exact) mass is 392 g/mol. The van der Waals surface area contributed by atoms with Crippen molar-refractivity contribution in [3.63, 3.8) is 0 Å². The lowest BCUT2D eigenvalue weighted by atomic mass is 9.73. The topological polar surface area (TPSA) is 58.6 Å². The molecule has 0 radical (unpaired) electrons. The summed E-state index contributed by atoms with van der Waals surface area (Å²) in [5, 5.41) is 3.10. The number of hydrogen-bond donors (Lipinski definition) is 1. The number of nitrogens with one attached hydrogen (secondary N) is 1. The van der Waals surface area contributed by atoms with E-state index in [1.54, 1.807) is 4.90 Å². The number of benzene rings is 2. The predicted molar refractivity (Wildman–Crippen MR) is 113 cm³/mol. The van der Waals surface area contributed by atoms with Gasteiger partial charge in [-0.05, 0) is 50.3 Å². The number of ether oxygens (including phenoxy) is 1. The molecule has 2 aliphatic rings. The molecule has 0 bridgehead atoms. The molecule has 2 amide bonds. The van der Waals surface area contributed by atoms with Crippen molar-refractivity contribution in [2.75, 3.05) is 24.7 Å². The third kappa shape index (κ3) is 3.92. The molecule has 1 N–H and O–H groups in total. The van der Waals surface area contributed by atoms with E-state index in [2.05, 4.69) is 5.32 Å². The molecule has 2 fully saturated rings. The molecule has 29 heavy (non-hydrogen) atoms. The van der Waals surface area contributed by atoms with Crippen LogP contribution in [0.3, 0.4) is 0 Å². The molecule has 0 saturated carbocycles. The predicted octanol–water partition coefficient (Wildman–Crippen LogP) is 3.36. The van der Waals surface area contributed by atoms with Gasteiger partial charge in [0, 0.05) is 25.4 Å². The molecule has 2 heterocycles. The minimum Gasteiger partial charge on any atom is -0.381 e. The molecule has 2 aromatic rings. The summed E-state index contributed by atoms with van der Waals surface area (Å²) in [5.41, 5.74) is 2.42. The summed E-state index contributed by atoms with van der Waals surface area (Å²) in [5.74, 6) is -0.0835. The van der Waals surface area contributed by atoms with Gasteiger partial charge in [0.25, 0.3) is 0 Å². The molecule has 2 aromatic carbocycles. The van der Waals surface area contributed by atoms with Crippen LogP contribution in [0.5, 0.6) is 0 Å². The number of aryl methyl sites for hydroxylation is 1. The van der Waals surface area contributed by atoms with Crippen LogP contribution in [0, 0.1) is 6.92 Å². The van der Waals surface area contributed by atoms with Crippen LogP contribution in [0.1, 0.15) is 36.8 Å². The third-order valence-corrected chi connectivity index (χ3v) is 6.20. The number of hydrogen-bond acceptors (Lipinski definition) is 3. The van der Waals surface area contributed by atoms with E-state index in [1.165, 1.54) is 0 Å². The lowest BCUT2D eigenvalue weighted by Gasteiger charge is -2.39. The van der Waals surface area contributed by atoms with Gasteiger partial charge in [0.05, 0.1) is 5.41 Å². The number of nitrogens with zero attached hydrogens (tertiary/aromatic N) is 1. The van der Waals surface area contributed by atoms with E-state index in [-0.39, 0.29) is 11.8 Å². The van der Waals surface area contributed by atoms with E-state index in [0.29, 0.717) is 39.0 Å². The van der Waals surface area contributed by atoms with Crippen molar-refractivity contribution in [1.82, 2.24) is 5.32 Å². The lowest BCUT2D eigenvalue weighted by molar-refractivity contribution is -0.134. The highest BCUT2D eigenvalue weighted by Crippen LogP contribution is 2.35. The van der Waals surface area contributed by atoms with Gasteiger partial charge in [0.2, 0.25) is 11.8 Å². The largest absolute Gasteiger partial charge is 0.381 e. The molecule has 5 nitrogen and oxygen atoms in total. The Morgan fingerprint density at radius 3 is 2.45 bits per heavy atom. The highest BCUT2D eigenvalue weighted by Gasteiger charge is 2.43. The minimum absolute atomic E-state index is 0.0243. The quantitative estimate of drug-likeness (QED) is 0.868. The van der Waals surface area contributed by atoms with Crippen molar-refractivity contribution in [3.05, 3.63) is 65.7 Å². The second-order valence-corrected chi connectivity index (χ2v) is 8.05. The first-order valence-electron chi connectivity index (χ1n) is 10.4. The molecule has 0 spiro atoms. The van der Waals surface area contributed by atoms with Crippen LogP contribution in [-0.4, -0.2) is 37.6 Å². The molecule has 2 aliphatic heterocycles. The SMILES string of the molecule is Cc1ccc(N2CCCC(NC(=O)C3(c4ccccc4)CCOCC3)C2=O)cc1. The third-order valence-electron chi connectivity index (χ3n) is 6.20. The normalized spacial score (nSPS) is 21.6. The Labute approximate surface area is 172 Å². The zero-order valence-electron chi connectivity index (χ0n) is 16.9. The van der Waals surface area contributed by atoms with Gasteiger partial charge in [-0.3, -0.25) is 9.59 Å². The van der Waals surface area contributed by atoms with Gasteiger partial charge >= 0.3 is 0 Å². The fraction of sp³-hybridized carbons (Fsp3) is 0.417. The number of anilines is 1. The molecule has 2 saturated heterocycles. The molecular formula is C24H28N2O3. The second-order valence-electron chi connectivity index (χ2n) is 8.05. The van der Waals surface area contributed by atoms with E-state index in [1.807, 2.05) is 61.5 Å². The van der Waals surface area contributed by atoms with Gasteiger partial charge in [-0.2, -0.15) is 0 Å². The minimum atomic E-state index is -0.633. The van der Waals surface area contributed by atoms with Crippen LogP contribution in [0.25, 0.3) is 0 Å². The molecule has 0 aromatic heterocycles. The molecule has 4 rings (SSSR count). The van der Waals surface area contributed by atoms with Crippen molar-refractivity contribution < 1.29 is 14.3 Å². The zero-order chi connectivity index (χ0) is 20.3. The standard InChI is InChI=1S/C24H28N2O3/c1-18-9-11-20(12-10-18)26-15-5-8-21(22(26)27)25-23(28)24(13-16-29-17-14-24)19-6-3-2-4-7-19/h2-4,6-7,9-12,21H,5,8,13-17H2,1H3,(H,25,28). The van der Waals surface area contributed by atoms with Crippen molar-refractivity contribution in [3.8, 4) is 0 Å². The van der Waals surface area contributed by atoms with Crippen LogP contribution >= 0.6 is 0 Å². The Bertz CT molecular complexity index is 857. The molecule has 0 aliphatic carbocycles. The molecule has 5 heteroatoms. The highest BCUT2D eigenvalue weighted by molar-refractivity contribution is 6.01. The summed E-state index contributed by atoms with van der Waals surface area (Å²) in [6.07, 6.45) is 2.80. The van der Waals surface area contributed by atoms with Gasteiger partial charge in [-0.1, -0.05) is 48.0 Å². The fourth-order valence-corrected chi connectivity index (χ4v) is 4.41. The molecule has 1 atom stereocenters. The van der Waals surface area contributed by atoms with Crippen molar-refractivity contribution >= 4 is 17.5 Å². The zero-order valence-corrected chi connectivity index (χ0v) is 16.9. The Balaban J connectivity index is 1.54. The van der Waals surface area contributed by atoms with Gasteiger partial charge in [-0.15, -0.1) is 0 Å². The number of carbonyl (C=O) groups excluding carboxylic acids is 2. The summed E-state index contributed by atoms with van der Waals surface area (Å²) < 4.78 is 5.54. The summed E-state index contributed by atoms with van der Waals surface area (Å²) >= 11 is 0. The van der Waals surface area contributed by atoms with Gasteiger partial charge in [-0.25, -0.2) is 0 Å². The summed E-state index contributed by atoms with van der Waals surface area (Å²) in [6, 6.07) is 17.4. The second kappa shape index (κ2) is 8.37. The van der Waals surface area contributed by atoms with Gasteiger partial charge in [0.1, 0.15) is 6.04 Å². The molecule has 152 valence electrons. The van der Waals surface area contributed by atoms with E-state index >= 15 is 0 Å². The lowest BCUT2D eigenvalue weighted by Crippen LogP contribution is -2.57. The number of carbonyl (C=O) groups is 2. The van der Waals surface area contributed by atoms with E-state index in [9.17, 15) is 9.59 Å². The Hall–Kier alpha value is -2.66. The van der Waals surface area contributed by atoms with Crippen LogP contribution in [-0.2, 0) is 19.7 Å². The van der Waals surface area contributed by atoms with E-state index in [0.717, 1.165) is 23.2 Å². The Kier molecular flexibility index (Phi) is 5.67. The smallest absolute Gasteiger partial charge is 0.249 e. The van der Waals surface area contributed by atoms with Crippen molar-refractivity contribution in [2.24, 2.45) is 0 Å². The van der Waals surface area contributed by atoms with E-state index < -0.39 is 11.5 Å².